The summed E-state index contributed by atoms with van der Waals surface area (Å²) < 4.78 is 5.27. The summed E-state index contributed by atoms with van der Waals surface area (Å²) in [5.41, 5.74) is 1.58. The topological polar surface area (TPSA) is 54.0 Å². The van der Waals surface area contributed by atoms with Crippen molar-refractivity contribution in [2.24, 2.45) is 0 Å². The van der Waals surface area contributed by atoms with Gasteiger partial charge in [0.25, 0.3) is 6.01 Å². The van der Waals surface area contributed by atoms with Gasteiger partial charge < -0.3 is 14.6 Å². The van der Waals surface area contributed by atoms with Crippen molar-refractivity contribution >= 4 is 17.0 Å². The van der Waals surface area contributed by atoms with Crippen LogP contribution in [-0.4, -0.2) is 35.7 Å². The number of aromatic amines is 1. The first kappa shape index (κ1) is 9.76. The van der Waals surface area contributed by atoms with Crippen molar-refractivity contribution in [2.45, 2.75) is 6.92 Å². The van der Waals surface area contributed by atoms with E-state index >= 15 is 0 Å². The number of hydrogen-bond donors (Lipinski definition) is 1. The molecule has 0 bridgehead atoms. The maximum absolute atomic E-state index is 5.27. The number of rotatable bonds is 3. The molecule has 0 aliphatic heterocycles. The van der Waals surface area contributed by atoms with Crippen molar-refractivity contribution in [2.75, 3.05) is 25.6 Å². The third-order valence-corrected chi connectivity index (χ3v) is 2.05. The molecule has 0 saturated carbocycles. The summed E-state index contributed by atoms with van der Waals surface area (Å²) >= 11 is 0. The highest BCUT2D eigenvalue weighted by atomic mass is 16.5. The quantitative estimate of drug-likeness (QED) is 0.825. The van der Waals surface area contributed by atoms with E-state index in [0.717, 1.165) is 11.3 Å². The molecule has 0 aliphatic carbocycles. The summed E-state index contributed by atoms with van der Waals surface area (Å²) in [6.45, 7) is 2.52. The van der Waals surface area contributed by atoms with Crippen LogP contribution < -0.4 is 9.64 Å². The van der Waals surface area contributed by atoms with E-state index in [9.17, 15) is 0 Å². The van der Waals surface area contributed by atoms with Crippen LogP contribution in [0.3, 0.4) is 0 Å². The Labute approximate surface area is 88.1 Å². The average molecular weight is 206 g/mol. The van der Waals surface area contributed by atoms with E-state index < -0.39 is 0 Å². The molecule has 80 valence electrons. The van der Waals surface area contributed by atoms with Crippen molar-refractivity contribution in [3.8, 4) is 6.01 Å². The van der Waals surface area contributed by atoms with Crippen LogP contribution in [0, 0.1) is 0 Å². The zero-order valence-corrected chi connectivity index (χ0v) is 9.11. The fraction of sp³-hybridized carbons (Fsp3) is 0.400. The van der Waals surface area contributed by atoms with Gasteiger partial charge in [0.05, 0.1) is 12.1 Å². The SMILES string of the molecule is CCOc1nc2nc(N(C)C)ccc2[nH]1. The van der Waals surface area contributed by atoms with Crippen LogP contribution in [0.15, 0.2) is 12.1 Å². The van der Waals surface area contributed by atoms with Crippen LogP contribution in [0.4, 0.5) is 5.82 Å². The first-order valence-electron chi connectivity index (χ1n) is 4.87. The van der Waals surface area contributed by atoms with Crippen LogP contribution in [0.1, 0.15) is 6.92 Å². The molecular weight excluding hydrogens is 192 g/mol. The lowest BCUT2D eigenvalue weighted by molar-refractivity contribution is 0.317. The molecular formula is C10H14N4O. The Morgan fingerprint density at radius 2 is 2.13 bits per heavy atom. The lowest BCUT2D eigenvalue weighted by atomic mass is 10.4. The monoisotopic (exact) mass is 206 g/mol. The number of imidazole rings is 1. The highest BCUT2D eigenvalue weighted by molar-refractivity contribution is 5.73. The molecule has 2 heterocycles. The van der Waals surface area contributed by atoms with Gasteiger partial charge in [-0.15, -0.1) is 0 Å². The predicted molar refractivity (Wildman–Crippen MR) is 59.4 cm³/mol. The molecule has 2 aromatic rings. The summed E-state index contributed by atoms with van der Waals surface area (Å²) in [7, 11) is 3.90. The zero-order chi connectivity index (χ0) is 10.8. The van der Waals surface area contributed by atoms with Gasteiger partial charge in [-0.3, -0.25) is 0 Å². The number of pyridine rings is 1. The van der Waals surface area contributed by atoms with Gasteiger partial charge in [0.2, 0.25) is 0 Å². The molecule has 0 saturated heterocycles. The van der Waals surface area contributed by atoms with Gasteiger partial charge in [-0.2, -0.15) is 4.98 Å². The van der Waals surface area contributed by atoms with E-state index in [0.29, 0.717) is 18.3 Å². The molecule has 0 fully saturated rings. The van der Waals surface area contributed by atoms with Crippen LogP contribution in [0.25, 0.3) is 11.2 Å². The lowest BCUT2D eigenvalue weighted by Crippen LogP contribution is -2.10. The van der Waals surface area contributed by atoms with Gasteiger partial charge in [-0.25, -0.2) is 4.98 Å². The number of ether oxygens (including phenoxy) is 1. The number of H-pyrrole nitrogens is 1. The second-order valence-electron chi connectivity index (χ2n) is 3.41. The number of fused-ring (bicyclic) bond motifs is 1. The van der Waals surface area contributed by atoms with E-state index in [4.69, 9.17) is 4.74 Å². The Morgan fingerprint density at radius 1 is 1.33 bits per heavy atom. The number of hydrogen-bond acceptors (Lipinski definition) is 4. The third kappa shape index (κ3) is 1.86. The smallest absolute Gasteiger partial charge is 0.296 e. The minimum Gasteiger partial charge on any atom is -0.465 e. The highest BCUT2D eigenvalue weighted by Crippen LogP contribution is 2.17. The van der Waals surface area contributed by atoms with E-state index in [1.54, 1.807) is 0 Å². The highest BCUT2D eigenvalue weighted by Gasteiger charge is 2.05. The van der Waals surface area contributed by atoms with Crippen LogP contribution >= 0.6 is 0 Å². The van der Waals surface area contributed by atoms with Gasteiger partial charge >= 0.3 is 0 Å². The van der Waals surface area contributed by atoms with Gasteiger partial charge in [-0.05, 0) is 19.1 Å². The van der Waals surface area contributed by atoms with Crippen LogP contribution in [0.2, 0.25) is 0 Å². The Bertz CT molecular complexity index is 463. The summed E-state index contributed by atoms with van der Waals surface area (Å²) in [5.74, 6) is 0.886. The summed E-state index contributed by atoms with van der Waals surface area (Å²) in [6, 6.07) is 4.42. The fourth-order valence-electron chi connectivity index (χ4n) is 1.31. The van der Waals surface area contributed by atoms with Crippen molar-refractivity contribution in [3.63, 3.8) is 0 Å². The number of nitrogens with one attached hydrogen (secondary N) is 1. The molecule has 2 aromatic heterocycles. The van der Waals surface area contributed by atoms with E-state index in [-0.39, 0.29) is 0 Å². The first-order chi connectivity index (χ1) is 7.20. The fourth-order valence-corrected chi connectivity index (χ4v) is 1.31. The molecule has 5 heteroatoms. The molecule has 0 unspecified atom stereocenters. The van der Waals surface area contributed by atoms with Gasteiger partial charge in [0, 0.05) is 14.1 Å². The van der Waals surface area contributed by atoms with Gasteiger partial charge in [-0.1, -0.05) is 0 Å². The lowest BCUT2D eigenvalue weighted by Gasteiger charge is -2.09. The predicted octanol–water partition coefficient (Wildman–Crippen LogP) is 1.42. The van der Waals surface area contributed by atoms with Crippen molar-refractivity contribution in [1.29, 1.82) is 0 Å². The summed E-state index contributed by atoms with van der Waals surface area (Å²) in [4.78, 5) is 13.6. The summed E-state index contributed by atoms with van der Waals surface area (Å²) in [6.07, 6.45) is 0. The number of anilines is 1. The summed E-state index contributed by atoms with van der Waals surface area (Å²) in [5, 5.41) is 0. The standard InChI is InChI=1S/C10H14N4O/c1-4-15-10-11-7-5-6-8(14(2)3)12-9(7)13-10/h5-6H,4H2,1-3H3,(H,11,12,13). The van der Waals surface area contributed by atoms with Gasteiger partial charge in [0.15, 0.2) is 5.65 Å². The van der Waals surface area contributed by atoms with Crippen molar-refractivity contribution in [3.05, 3.63) is 12.1 Å². The second kappa shape index (κ2) is 3.76. The van der Waals surface area contributed by atoms with E-state index in [2.05, 4.69) is 15.0 Å². The second-order valence-corrected chi connectivity index (χ2v) is 3.41. The van der Waals surface area contributed by atoms with Gasteiger partial charge in [0.1, 0.15) is 5.82 Å². The molecule has 0 spiro atoms. The van der Waals surface area contributed by atoms with Crippen molar-refractivity contribution < 1.29 is 4.74 Å². The number of nitrogens with zero attached hydrogens (tertiary/aromatic N) is 3. The maximum Gasteiger partial charge on any atom is 0.296 e. The van der Waals surface area contributed by atoms with Crippen LogP contribution in [-0.2, 0) is 0 Å². The first-order valence-corrected chi connectivity index (χ1v) is 4.87. The number of aromatic nitrogens is 3. The molecule has 1 N–H and O–H groups in total. The van der Waals surface area contributed by atoms with E-state index in [1.165, 1.54) is 0 Å². The van der Waals surface area contributed by atoms with E-state index in [1.807, 2.05) is 38.1 Å². The normalized spacial score (nSPS) is 10.6. The molecule has 0 aromatic carbocycles. The maximum atomic E-state index is 5.27. The Hall–Kier alpha value is -1.78. The molecule has 5 nitrogen and oxygen atoms in total. The molecule has 0 atom stereocenters. The molecule has 0 aliphatic rings. The largest absolute Gasteiger partial charge is 0.465 e. The Balaban J connectivity index is 2.43. The molecule has 0 amide bonds. The Kier molecular flexibility index (Phi) is 2.45. The minimum absolute atomic E-state index is 0.524. The average Bonchev–Trinajstić information content (AvgIpc) is 2.59. The zero-order valence-electron chi connectivity index (χ0n) is 9.11. The third-order valence-electron chi connectivity index (χ3n) is 2.05. The van der Waals surface area contributed by atoms with Crippen LogP contribution in [0.5, 0.6) is 6.01 Å². The molecule has 2 rings (SSSR count). The molecule has 15 heavy (non-hydrogen) atoms. The molecule has 0 radical (unpaired) electrons. The van der Waals surface area contributed by atoms with Crippen molar-refractivity contribution in [1.82, 2.24) is 15.0 Å². The Morgan fingerprint density at radius 3 is 2.80 bits per heavy atom. The minimum atomic E-state index is 0.524.